The zero-order chi connectivity index (χ0) is 11.1. The van der Waals surface area contributed by atoms with Crippen LogP contribution in [0.3, 0.4) is 0 Å². The van der Waals surface area contributed by atoms with Gasteiger partial charge in [-0.3, -0.25) is 0 Å². The number of rotatable bonds is 6. The third kappa shape index (κ3) is 4.74. The predicted octanol–water partition coefficient (Wildman–Crippen LogP) is 2.80. The van der Waals surface area contributed by atoms with E-state index in [0.717, 1.165) is 12.5 Å². The van der Waals surface area contributed by atoms with Gasteiger partial charge in [-0.2, -0.15) is 0 Å². The van der Waals surface area contributed by atoms with Crippen LogP contribution in [-0.2, 0) is 4.74 Å². The van der Waals surface area contributed by atoms with Gasteiger partial charge in [-0.15, -0.1) is 0 Å². The molecule has 0 aliphatic heterocycles. The molecule has 0 saturated heterocycles. The molecule has 0 atom stereocenters. The highest BCUT2D eigenvalue weighted by atomic mass is 19.1. The van der Waals surface area contributed by atoms with Crippen LogP contribution >= 0.6 is 0 Å². The smallest absolute Gasteiger partial charge is 0.128 e. The van der Waals surface area contributed by atoms with Gasteiger partial charge in [-0.05, 0) is 25.5 Å². The van der Waals surface area contributed by atoms with Crippen molar-refractivity contribution in [3.63, 3.8) is 0 Å². The van der Waals surface area contributed by atoms with Gasteiger partial charge in [0.25, 0.3) is 0 Å². The molecule has 1 N–H and O–H groups in total. The molecule has 0 unspecified atom stereocenters. The fourth-order valence-corrected chi connectivity index (χ4v) is 1.21. The van der Waals surface area contributed by atoms with Crippen LogP contribution in [0.5, 0.6) is 0 Å². The van der Waals surface area contributed by atoms with E-state index in [-0.39, 0.29) is 0 Å². The maximum atomic E-state index is 12.8. The molecule has 0 aliphatic carbocycles. The van der Waals surface area contributed by atoms with Gasteiger partial charge in [0.15, 0.2) is 0 Å². The molecular formula is C11H15F2NO. The van der Waals surface area contributed by atoms with Crippen molar-refractivity contribution in [1.82, 2.24) is 0 Å². The first-order chi connectivity index (χ1) is 7.22. The van der Waals surface area contributed by atoms with Crippen molar-refractivity contribution in [3.05, 3.63) is 29.8 Å². The van der Waals surface area contributed by atoms with Crippen LogP contribution in [-0.4, -0.2) is 19.8 Å². The molecule has 15 heavy (non-hydrogen) atoms. The van der Waals surface area contributed by atoms with E-state index < -0.39 is 11.6 Å². The van der Waals surface area contributed by atoms with E-state index in [0.29, 0.717) is 25.4 Å². The summed E-state index contributed by atoms with van der Waals surface area (Å²) in [4.78, 5) is 0. The highest BCUT2D eigenvalue weighted by molar-refractivity contribution is 5.43. The molecule has 2 nitrogen and oxygen atoms in total. The quantitative estimate of drug-likeness (QED) is 0.737. The van der Waals surface area contributed by atoms with E-state index in [2.05, 4.69) is 5.32 Å². The molecule has 0 heterocycles. The lowest BCUT2D eigenvalue weighted by molar-refractivity contribution is 0.147. The Balaban J connectivity index is 2.31. The van der Waals surface area contributed by atoms with E-state index in [1.54, 1.807) is 0 Å². The molecule has 0 aliphatic rings. The maximum absolute atomic E-state index is 12.8. The van der Waals surface area contributed by atoms with Crippen molar-refractivity contribution in [2.75, 3.05) is 25.1 Å². The molecule has 0 radical (unpaired) electrons. The average Bonchev–Trinajstić information content (AvgIpc) is 2.16. The first-order valence-corrected chi connectivity index (χ1v) is 5.00. The standard InChI is InChI=1S/C11H15F2NO/c1-2-15-5-3-4-14-11-7-9(12)6-10(13)8-11/h6-8,14H,2-5H2,1H3. The molecule has 84 valence electrons. The second kappa shape index (κ2) is 6.35. The molecule has 0 aromatic heterocycles. The van der Waals surface area contributed by atoms with Crippen molar-refractivity contribution < 1.29 is 13.5 Å². The molecule has 4 heteroatoms. The molecule has 1 aromatic rings. The Morgan fingerprint density at radius 1 is 1.20 bits per heavy atom. The summed E-state index contributed by atoms with van der Waals surface area (Å²) in [6, 6.07) is 3.39. The van der Waals surface area contributed by atoms with Gasteiger partial charge in [-0.1, -0.05) is 0 Å². The Morgan fingerprint density at radius 2 is 1.87 bits per heavy atom. The zero-order valence-electron chi connectivity index (χ0n) is 8.72. The van der Waals surface area contributed by atoms with Crippen LogP contribution in [0, 0.1) is 11.6 Å². The van der Waals surface area contributed by atoms with Gasteiger partial charge in [0.1, 0.15) is 11.6 Å². The highest BCUT2D eigenvalue weighted by Gasteiger charge is 1.99. The van der Waals surface area contributed by atoms with Crippen LogP contribution in [0.4, 0.5) is 14.5 Å². The number of nitrogens with one attached hydrogen (secondary N) is 1. The summed E-state index contributed by atoms with van der Waals surface area (Å²) in [6.07, 6.45) is 0.811. The minimum atomic E-state index is -0.567. The first-order valence-electron chi connectivity index (χ1n) is 5.00. The lowest BCUT2D eigenvalue weighted by Crippen LogP contribution is -2.06. The second-order valence-corrected chi connectivity index (χ2v) is 3.14. The minimum Gasteiger partial charge on any atom is -0.385 e. The van der Waals surface area contributed by atoms with E-state index in [4.69, 9.17) is 4.74 Å². The van der Waals surface area contributed by atoms with Crippen molar-refractivity contribution in [2.45, 2.75) is 13.3 Å². The summed E-state index contributed by atoms with van der Waals surface area (Å²) >= 11 is 0. The highest BCUT2D eigenvalue weighted by Crippen LogP contribution is 2.12. The number of ether oxygens (including phenoxy) is 1. The molecule has 1 rings (SSSR count). The van der Waals surface area contributed by atoms with Crippen LogP contribution in [0.1, 0.15) is 13.3 Å². The van der Waals surface area contributed by atoms with Gasteiger partial charge < -0.3 is 10.1 Å². The minimum absolute atomic E-state index is 0.462. The summed E-state index contributed by atoms with van der Waals surface area (Å²) in [5.74, 6) is -1.13. The SMILES string of the molecule is CCOCCCNc1cc(F)cc(F)c1. The maximum Gasteiger partial charge on any atom is 0.128 e. The normalized spacial score (nSPS) is 10.3. The Labute approximate surface area is 88.3 Å². The van der Waals surface area contributed by atoms with Gasteiger partial charge in [0.2, 0.25) is 0 Å². The van der Waals surface area contributed by atoms with Gasteiger partial charge in [0.05, 0.1) is 0 Å². The fraction of sp³-hybridized carbons (Fsp3) is 0.455. The van der Waals surface area contributed by atoms with Crippen LogP contribution < -0.4 is 5.32 Å². The van der Waals surface area contributed by atoms with Crippen molar-refractivity contribution in [2.24, 2.45) is 0 Å². The average molecular weight is 215 g/mol. The van der Waals surface area contributed by atoms with Gasteiger partial charge in [0, 0.05) is 31.5 Å². The second-order valence-electron chi connectivity index (χ2n) is 3.14. The zero-order valence-corrected chi connectivity index (χ0v) is 8.72. The van der Waals surface area contributed by atoms with E-state index in [9.17, 15) is 8.78 Å². The summed E-state index contributed by atoms with van der Waals surface area (Å²) in [5.41, 5.74) is 0.462. The van der Waals surface area contributed by atoms with Crippen molar-refractivity contribution in [1.29, 1.82) is 0 Å². The Bertz CT molecular complexity index is 284. The van der Waals surface area contributed by atoms with Gasteiger partial charge >= 0.3 is 0 Å². The Hall–Kier alpha value is -1.16. The number of hydrogen-bond acceptors (Lipinski definition) is 2. The molecule has 0 saturated carbocycles. The van der Waals surface area contributed by atoms with E-state index in [1.807, 2.05) is 6.92 Å². The molecule has 0 spiro atoms. The fourth-order valence-electron chi connectivity index (χ4n) is 1.21. The summed E-state index contributed by atoms with van der Waals surface area (Å²) in [6.45, 7) is 3.91. The van der Waals surface area contributed by atoms with Crippen LogP contribution in [0.25, 0.3) is 0 Å². The van der Waals surface area contributed by atoms with Crippen molar-refractivity contribution in [3.8, 4) is 0 Å². The van der Waals surface area contributed by atoms with Crippen LogP contribution in [0.15, 0.2) is 18.2 Å². The third-order valence-corrected chi connectivity index (χ3v) is 1.86. The molecule has 1 aromatic carbocycles. The molecule has 0 bridgehead atoms. The van der Waals surface area contributed by atoms with E-state index in [1.165, 1.54) is 12.1 Å². The summed E-state index contributed by atoms with van der Waals surface area (Å²) < 4.78 is 30.6. The number of anilines is 1. The van der Waals surface area contributed by atoms with Crippen molar-refractivity contribution >= 4 is 5.69 Å². The topological polar surface area (TPSA) is 21.3 Å². The molecular weight excluding hydrogens is 200 g/mol. The Kier molecular flexibility index (Phi) is 5.04. The number of halogens is 2. The predicted molar refractivity (Wildman–Crippen MR) is 56.0 cm³/mol. The monoisotopic (exact) mass is 215 g/mol. The third-order valence-electron chi connectivity index (χ3n) is 1.86. The molecule has 0 fully saturated rings. The first kappa shape index (κ1) is 11.9. The molecule has 0 amide bonds. The van der Waals surface area contributed by atoms with Crippen LogP contribution in [0.2, 0.25) is 0 Å². The summed E-state index contributed by atoms with van der Waals surface area (Å²) in [5, 5.41) is 2.93. The largest absolute Gasteiger partial charge is 0.385 e. The number of benzene rings is 1. The lowest BCUT2D eigenvalue weighted by atomic mass is 10.3. The lowest BCUT2D eigenvalue weighted by Gasteiger charge is -2.06. The van der Waals surface area contributed by atoms with Gasteiger partial charge in [-0.25, -0.2) is 8.78 Å². The van der Waals surface area contributed by atoms with E-state index >= 15 is 0 Å². The Morgan fingerprint density at radius 3 is 2.47 bits per heavy atom. The number of hydrogen-bond donors (Lipinski definition) is 1. The summed E-state index contributed by atoms with van der Waals surface area (Å²) in [7, 11) is 0.